The monoisotopic (exact) mass is 181 g/mol. The summed E-state index contributed by atoms with van der Waals surface area (Å²) in [5.74, 6) is 0. The topological polar surface area (TPSA) is 47.6 Å². The summed E-state index contributed by atoms with van der Waals surface area (Å²) >= 11 is 0. The van der Waals surface area contributed by atoms with E-state index in [0.717, 1.165) is 0 Å². The molecule has 0 aromatic heterocycles. The van der Waals surface area contributed by atoms with Crippen molar-refractivity contribution in [3.63, 3.8) is 0 Å². The molecule has 0 radical (unpaired) electrons. The van der Waals surface area contributed by atoms with Crippen LogP contribution in [0.15, 0.2) is 0 Å². The number of hydrogen-bond acceptors (Lipinski definition) is 4. The van der Waals surface area contributed by atoms with Gasteiger partial charge in [-0.05, 0) is 20.9 Å². The second kappa shape index (κ2) is 3.68. The molecule has 0 bridgehead atoms. The molecule has 68 valence electrons. The Morgan fingerprint density at radius 2 is 1.64 bits per heavy atom. The molecule has 0 saturated heterocycles. The second-order valence-corrected chi connectivity index (χ2v) is 5.51. The van der Waals surface area contributed by atoms with E-state index in [-0.39, 0.29) is 0 Å². The number of nitrogens with one attached hydrogen (secondary N) is 1. The summed E-state index contributed by atoms with van der Waals surface area (Å²) in [7, 11) is 1.47. The van der Waals surface area contributed by atoms with Crippen molar-refractivity contribution in [2.24, 2.45) is 0 Å². The Labute approximate surface area is 67.8 Å². The largest absolute Gasteiger partial charge is 0.349 e. The average molecular weight is 181 g/mol. The lowest BCUT2D eigenvalue weighted by molar-refractivity contribution is 0.243. The molecule has 11 heavy (non-hydrogen) atoms. The van der Waals surface area contributed by atoms with Crippen LogP contribution in [0.3, 0.4) is 0 Å². The first-order valence-electron chi connectivity index (χ1n) is 3.34. The van der Waals surface area contributed by atoms with Crippen LogP contribution in [0.25, 0.3) is 0 Å². The minimum Gasteiger partial charge on any atom is -0.311 e. The fourth-order valence-electron chi connectivity index (χ4n) is 0.668. The van der Waals surface area contributed by atoms with Crippen LogP contribution in [0.4, 0.5) is 0 Å². The van der Waals surface area contributed by atoms with Gasteiger partial charge >= 0.3 is 7.60 Å². The Morgan fingerprint density at radius 1 is 1.27 bits per heavy atom. The highest BCUT2D eigenvalue weighted by molar-refractivity contribution is 7.55. The van der Waals surface area contributed by atoms with Crippen LogP contribution in [0.2, 0.25) is 0 Å². The standard InChI is InChI=1S/C6H16NO3P/c1-6(2,7-3)11(8,9-4)10-5/h7H,1-5H3. The third-order valence-electron chi connectivity index (χ3n) is 1.78. The molecule has 0 aromatic carbocycles. The fraction of sp³-hybridized carbons (Fsp3) is 1.00. The van der Waals surface area contributed by atoms with Crippen molar-refractivity contribution < 1.29 is 13.6 Å². The molecule has 0 aliphatic carbocycles. The molecule has 0 aliphatic heterocycles. The minimum atomic E-state index is -3.00. The van der Waals surface area contributed by atoms with Crippen molar-refractivity contribution in [1.82, 2.24) is 5.32 Å². The summed E-state index contributed by atoms with van der Waals surface area (Å²) in [6.07, 6.45) is 0. The summed E-state index contributed by atoms with van der Waals surface area (Å²) in [5, 5.41) is 2.23. The zero-order valence-corrected chi connectivity index (χ0v) is 8.57. The van der Waals surface area contributed by atoms with Crippen molar-refractivity contribution in [2.45, 2.75) is 19.1 Å². The van der Waals surface area contributed by atoms with Gasteiger partial charge in [-0.3, -0.25) is 4.57 Å². The van der Waals surface area contributed by atoms with E-state index < -0.39 is 12.9 Å². The third kappa shape index (κ3) is 2.03. The Bertz CT molecular complexity index is 161. The molecular weight excluding hydrogens is 165 g/mol. The lowest BCUT2D eigenvalue weighted by atomic mass is 10.4. The highest BCUT2D eigenvalue weighted by atomic mass is 31.2. The molecule has 0 spiro atoms. The molecule has 0 heterocycles. The number of rotatable bonds is 4. The Morgan fingerprint density at radius 3 is 1.73 bits per heavy atom. The highest BCUT2D eigenvalue weighted by Crippen LogP contribution is 2.56. The maximum atomic E-state index is 11.7. The van der Waals surface area contributed by atoms with E-state index in [4.69, 9.17) is 9.05 Å². The molecule has 0 aliphatic rings. The van der Waals surface area contributed by atoms with Gasteiger partial charge in [0.2, 0.25) is 0 Å². The smallest absolute Gasteiger partial charge is 0.311 e. The Balaban J connectivity index is 4.63. The van der Waals surface area contributed by atoms with Gasteiger partial charge in [-0.15, -0.1) is 0 Å². The molecule has 0 saturated carbocycles. The van der Waals surface area contributed by atoms with Crippen molar-refractivity contribution in [3.8, 4) is 0 Å². The molecule has 0 fully saturated rings. The van der Waals surface area contributed by atoms with Crippen molar-refractivity contribution in [3.05, 3.63) is 0 Å². The van der Waals surface area contributed by atoms with E-state index in [2.05, 4.69) is 5.32 Å². The molecule has 0 atom stereocenters. The fourth-order valence-corrected chi connectivity index (χ4v) is 2.00. The van der Waals surface area contributed by atoms with Gasteiger partial charge in [-0.2, -0.15) is 0 Å². The van der Waals surface area contributed by atoms with Gasteiger partial charge < -0.3 is 14.4 Å². The third-order valence-corrected chi connectivity index (χ3v) is 4.33. The van der Waals surface area contributed by atoms with E-state index in [1.807, 2.05) is 0 Å². The molecular formula is C6H16NO3P. The normalized spacial score (nSPS) is 13.5. The minimum absolute atomic E-state index is 0.642. The van der Waals surface area contributed by atoms with Gasteiger partial charge in [0.05, 0.1) is 0 Å². The average Bonchev–Trinajstić information content (AvgIpc) is 2.02. The van der Waals surface area contributed by atoms with Gasteiger partial charge in [0.15, 0.2) is 0 Å². The quantitative estimate of drug-likeness (QED) is 0.666. The molecule has 0 rings (SSSR count). The van der Waals surface area contributed by atoms with E-state index >= 15 is 0 Å². The summed E-state index contributed by atoms with van der Waals surface area (Å²) in [4.78, 5) is 0. The van der Waals surface area contributed by atoms with Crippen LogP contribution in [-0.2, 0) is 13.6 Å². The van der Waals surface area contributed by atoms with Crippen molar-refractivity contribution in [2.75, 3.05) is 21.3 Å². The maximum absolute atomic E-state index is 11.7. The molecule has 0 unspecified atom stereocenters. The SMILES string of the molecule is CNC(C)(C)P(=O)(OC)OC. The highest BCUT2D eigenvalue weighted by Gasteiger charge is 2.40. The summed E-state index contributed by atoms with van der Waals surface area (Å²) < 4.78 is 21.3. The Hall–Kier alpha value is 0.110. The van der Waals surface area contributed by atoms with Crippen LogP contribution in [0, 0.1) is 0 Å². The molecule has 1 N–H and O–H groups in total. The van der Waals surface area contributed by atoms with Crippen molar-refractivity contribution >= 4 is 7.60 Å². The first-order valence-corrected chi connectivity index (χ1v) is 4.88. The van der Waals surface area contributed by atoms with Gasteiger partial charge in [0, 0.05) is 14.2 Å². The summed E-state index contributed by atoms with van der Waals surface area (Å²) in [6.45, 7) is 3.53. The zero-order chi connectivity index (χ0) is 9.12. The predicted molar refractivity (Wildman–Crippen MR) is 44.8 cm³/mol. The van der Waals surface area contributed by atoms with Crippen LogP contribution in [0.1, 0.15) is 13.8 Å². The maximum Gasteiger partial charge on any atom is 0.349 e. The van der Waals surface area contributed by atoms with Gasteiger partial charge in [0.1, 0.15) is 5.28 Å². The van der Waals surface area contributed by atoms with Crippen LogP contribution in [-0.4, -0.2) is 26.5 Å². The van der Waals surface area contributed by atoms with Gasteiger partial charge in [-0.1, -0.05) is 0 Å². The first-order chi connectivity index (χ1) is 4.93. The van der Waals surface area contributed by atoms with E-state index in [9.17, 15) is 4.57 Å². The first kappa shape index (κ1) is 11.1. The predicted octanol–water partition coefficient (Wildman–Crippen LogP) is 1.43. The Kier molecular flexibility index (Phi) is 3.71. The second-order valence-electron chi connectivity index (χ2n) is 2.67. The molecule has 4 nitrogen and oxygen atoms in total. The summed E-state index contributed by atoms with van der Waals surface area (Å²) in [6, 6.07) is 0. The molecule has 0 amide bonds. The van der Waals surface area contributed by atoms with Crippen LogP contribution >= 0.6 is 7.60 Å². The molecule has 5 heteroatoms. The number of hydrogen-bond donors (Lipinski definition) is 1. The summed E-state index contributed by atoms with van der Waals surface area (Å²) in [5.41, 5.74) is 0. The lowest BCUT2D eigenvalue weighted by Gasteiger charge is -2.30. The van der Waals surface area contributed by atoms with Crippen LogP contribution in [0.5, 0.6) is 0 Å². The van der Waals surface area contributed by atoms with Gasteiger partial charge in [-0.25, -0.2) is 0 Å². The van der Waals surface area contributed by atoms with E-state index in [1.165, 1.54) is 14.2 Å². The van der Waals surface area contributed by atoms with Crippen LogP contribution < -0.4 is 5.32 Å². The van der Waals surface area contributed by atoms with Gasteiger partial charge in [0.25, 0.3) is 0 Å². The zero-order valence-electron chi connectivity index (χ0n) is 7.67. The van der Waals surface area contributed by atoms with Crippen molar-refractivity contribution in [1.29, 1.82) is 0 Å². The lowest BCUT2D eigenvalue weighted by Crippen LogP contribution is -2.36. The van der Waals surface area contributed by atoms with E-state index in [0.29, 0.717) is 0 Å². The molecule has 0 aromatic rings. The van der Waals surface area contributed by atoms with E-state index in [1.54, 1.807) is 20.9 Å².